The average Bonchev–Trinajstić information content (AvgIpc) is 3.24. The van der Waals surface area contributed by atoms with Gasteiger partial charge in [0, 0.05) is 28.6 Å². The third-order valence-corrected chi connectivity index (χ3v) is 5.74. The molecule has 0 aliphatic rings. The van der Waals surface area contributed by atoms with Crippen molar-refractivity contribution in [3.63, 3.8) is 0 Å². The molecule has 0 bridgehead atoms. The fourth-order valence-corrected chi connectivity index (χ4v) is 3.95. The number of hydrogen-bond donors (Lipinski definition) is 0. The van der Waals surface area contributed by atoms with Crippen LogP contribution in [0.1, 0.15) is 27.0 Å². The standard InChI is InChI=1S/C21H15ClN2O3S/c1-12(25)13-5-9-16(10-6-13)27-21(26)18-11-17-19(23-24(2)20(17)28-18)14-3-7-15(22)8-4-14/h3-11H,1-2H3. The molecule has 0 amide bonds. The number of carbonyl (C=O) groups is 2. The summed E-state index contributed by atoms with van der Waals surface area (Å²) in [6, 6.07) is 15.7. The molecule has 0 spiro atoms. The topological polar surface area (TPSA) is 61.2 Å². The number of Topliss-reactive ketones (excluding diaryl/α,β-unsaturated/α-hetero) is 1. The van der Waals surface area contributed by atoms with Crippen LogP contribution in [-0.4, -0.2) is 21.5 Å². The van der Waals surface area contributed by atoms with Gasteiger partial charge < -0.3 is 4.74 Å². The summed E-state index contributed by atoms with van der Waals surface area (Å²) in [5.74, 6) is -0.0908. The Morgan fingerprint density at radius 3 is 2.39 bits per heavy atom. The molecule has 0 N–H and O–H groups in total. The second-order valence-electron chi connectivity index (χ2n) is 6.28. The molecule has 140 valence electrons. The number of rotatable bonds is 4. The Morgan fingerprint density at radius 1 is 1.07 bits per heavy atom. The Bertz CT molecular complexity index is 1190. The van der Waals surface area contributed by atoms with E-state index in [9.17, 15) is 9.59 Å². The molecule has 5 nitrogen and oxygen atoms in total. The first-order valence-electron chi connectivity index (χ1n) is 8.48. The molecule has 28 heavy (non-hydrogen) atoms. The normalized spacial score (nSPS) is 11.0. The van der Waals surface area contributed by atoms with Crippen LogP contribution in [0.3, 0.4) is 0 Å². The lowest BCUT2D eigenvalue weighted by Crippen LogP contribution is -2.06. The van der Waals surface area contributed by atoms with Gasteiger partial charge in [0.2, 0.25) is 0 Å². The zero-order valence-electron chi connectivity index (χ0n) is 15.1. The molecule has 0 aliphatic carbocycles. The molecule has 0 unspecified atom stereocenters. The third-order valence-electron chi connectivity index (χ3n) is 4.30. The molecule has 0 aliphatic heterocycles. The van der Waals surface area contributed by atoms with Gasteiger partial charge in [-0.2, -0.15) is 5.10 Å². The number of nitrogens with zero attached hydrogens (tertiary/aromatic N) is 2. The van der Waals surface area contributed by atoms with Crippen molar-refractivity contribution in [2.75, 3.05) is 0 Å². The van der Waals surface area contributed by atoms with E-state index in [1.807, 2.05) is 31.3 Å². The van der Waals surface area contributed by atoms with Crippen LogP contribution in [-0.2, 0) is 7.05 Å². The lowest BCUT2D eigenvalue weighted by molar-refractivity contribution is 0.0740. The summed E-state index contributed by atoms with van der Waals surface area (Å²) in [7, 11) is 1.84. The van der Waals surface area contributed by atoms with Crippen molar-refractivity contribution in [1.82, 2.24) is 9.78 Å². The molecule has 0 atom stereocenters. The molecule has 7 heteroatoms. The largest absolute Gasteiger partial charge is 0.422 e. The lowest BCUT2D eigenvalue weighted by Gasteiger charge is -2.03. The fraction of sp³-hybridized carbons (Fsp3) is 0.0952. The van der Waals surface area contributed by atoms with E-state index in [1.165, 1.54) is 18.3 Å². The van der Waals surface area contributed by atoms with Crippen LogP contribution in [0, 0.1) is 0 Å². The van der Waals surface area contributed by atoms with Crippen LogP contribution in [0.15, 0.2) is 54.6 Å². The van der Waals surface area contributed by atoms with Crippen molar-refractivity contribution in [3.05, 3.63) is 70.1 Å². The minimum atomic E-state index is -0.446. The van der Waals surface area contributed by atoms with Gasteiger partial charge in [-0.25, -0.2) is 4.79 Å². The number of esters is 1. The van der Waals surface area contributed by atoms with Gasteiger partial charge >= 0.3 is 5.97 Å². The van der Waals surface area contributed by atoms with E-state index in [4.69, 9.17) is 16.3 Å². The summed E-state index contributed by atoms with van der Waals surface area (Å²) in [5.41, 5.74) is 2.28. The average molecular weight is 411 g/mol. The van der Waals surface area contributed by atoms with Gasteiger partial charge in [0.1, 0.15) is 21.2 Å². The number of aromatic nitrogens is 2. The van der Waals surface area contributed by atoms with E-state index >= 15 is 0 Å². The molecule has 2 heterocycles. The molecule has 2 aromatic carbocycles. The highest BCUT2D eigenvalue weighted by Gasteiger charge is 2.19. The smallest absolute Gasteiger partial charge is 0.353 e. The predicted octanol–water partition coefficient (Wildman–Crippen LogP) is 5.38. The van der Waals surface area contributed by atoms with Crippen LogP contribution >= 0.6 is 22.9 Å². The van der Waals surface area contributed by atoms with Gasteiger partial charge in [-0.05, 0) is 49.4 Å². The number of thiophene rings is 1. The van der Waals surface area contributed by atoms with E-state index < -0.39 is 5.97 Å². The molecular weight excluding hydrogens is 396 g/mol. The maximum absolute atomic E-state index is 12.6. The lowest BCUT2D eigenvalue weighted by atomic mass is 10.1. The quantitative estimate of drug-likeness (QED) is 0.257. The van der Waals surface area contributed by atoms with Gasteiger partial charge in [-0.3, -0.25) is 9.48 Å². The summed E-state index contributed by atoms with van der Waals surface area (Å²) >= 11 is 7.29. The van der Waals surface area contributed by atoms with E-state index in [0.29, 0.717) is 21.2 Å². The Balaban J connectivity index is 1.64. The number of fused-ring (bicyclic) bond motifs is 1. The van der Waals surface area contributed by atoms with E-state index in [1.54, 1.807) is 35.0 Å². The number of hydrogen-bond acceptors (Lipinski definition) is 5. The van der Waals surface area contributed by atoms with Crippen molar-refractivity contribution < 1.29 is 14.3 Å². The molecule has 4 aromatic rings. The van der Waals surface area contributed by atoms with Crippen molar-refractivity contribution in [1.29, 1.82) is 0 Å². The van der Waals surface area contributed by atoms with E-state index in [-0.39, 0.29) is 5.78 Å². The molecule has 4 rings (SSSR count). The van der Waals surface area contributed by atoms with Crippen molar-refractivity contribution in [2.24, 2.45) is 7.05 Å². The van der Waals surface area contributed by atoms with E-state index in [2.05, 4.69) is 5.10 Å². The fourth-order valence-electron chi connectivity index (χ4n) is 2.88. The summed E-state index contributed by atoms with van der Waals surface area (Å²) in [4.78, 5) is 25.3. The van der Waals surface area contributed by atoms with Crippen LogP contribution in [0.2, 0.25) is 5.02 Å². The maximum atomic E-state index is 12.6. The first kappa shape index (κ1) is 18.4. The van der Waals surface area contributed by atoms with Gasteiger partial charge in [0.25, 0.3) is 0 Å². The number of aryl methyl sites for hydroxylation is 1. The maximum Gasteiger partial charge on any atom is 0.353 e. The first-order chi connectivity index (χ1) is 13.4. The highest BCUT2D eigenvalue weighted by atomic mass is 35.5. The van der Waals surface area contributed by atoms with Gasteiger partial charge in [0.05, 0.1) is 0 Å². The predicted molar refractivity (Wildman–Crippen MR) is 110 cm³/mol. The summed E-state index contributed by atoms with van der Waals surface area (Å²) < 4.78 is 7.20. The van der Waals surface area contributed by atoms with Crippen LogP contribution in [0.5, 0.6) is 5.75 Å². The van der Waals surface area contributed by atoms with Crippen molar-refractivity contribution in [2.45, 2.75) is 6.92 Å². The molecule has 0 saturated carbocycles. The van der Waals surface area contributed by atoms with Crippen LogP contribution in [0.4, 0.5) is 0 Å². The zero-order chi connectivity index (χ0) is 19.8. The highest BCUT2D eigenvalue weighted by Crippen LogP contribution is 2.34. The number of carbonyl (C=O) groups excluding carboxylic acids is 2. The second kappa shape index (κ2) is 7.22. The zero-order valence-corrected chi connectivity index (χ0v) is 16.7. The van der Waals surface area contributed by atoms with Crippen LogP contribution in [0.25, 0.3) is 21.5 Å². The molecule has 0 saturated heterocycles. The Hall–Kier alpha value is -2.96. The number of benzene rings is 2. The van der Waals surface area contributed by atoms with Gasteiger partial charge in [-0.1, -0.05) is 23.7 Å². The molecule has 2 aromatic heterocycles. The highest BCUT2D eigenvalue weighted by molar-refractivity contribution is 7.20. The van der Waals surface area contributed by atoms with Gasteiger partial charge in [-0.15, -0.1) is 11.3 Å². The number of halogens is 1. The summed E-state index contributed by atoms with van der Waals surface area (Å²) in [6.07, 6.45) is 0. The molecular formula is C21H15ClN2O3S. The minimum Gasteiger partial charge on any atom is -0.422 e. The number of ketones is 1. The first-order valence-corrected chi connectivity index (χ1v) is 9.67. The van der Waals surface area contributed by atoms with Gasteiger partial charge in [0.15, 0.2) is 5.78 Å². The van der Waals surface area contributed by atoms with Crippen molar-refractivity contribution >= 4 is 44.9 Å². The Morgan fingerprint density at radius 2 is 1.75 bits per heavy atom. The van der Waals surface area contributed by atoms with Crippen LogP contribution < -0.4 is 4.74 Å². The van der Waals surface area contributed by atoms with E-state index in [0.717, 1.165) is 21.5 Å². The minimum absolute atomic E-state index is 0.0374. The second-order valence-corrected chi connectivity index (χ2v) is 7.75. The third kappa shape index (κ3) is 3.44. The Kier molecular flexibility index (Phi) is 4.75. The summed E-state index contributed by atoms with van der Waals surface area (Å²) in [6.45, 7) is 1.49. The SMILES string of the molecule is CC(=O)c1ccc(OC(=O)c2cc3c(-c4ccc(Cl)cc4)nn(C)c3s2)cc1. The molecule has 0 fully saturated rings. The monoisotopic (exact) mass is 410 g/mol. The Labute approximate surface area is 170 Å². The molecule has 0 radical (unpaired) electrons. The summed E-state index contributed by atoms with van der Waals surface area (Å²) in [5, 5.41) is 6.10. The van der Waals surface area contributed by atoms with Crippen molar-refractivity contribution in [3.8, 4) is 17.0 Å². The number of ether oxygens (including phenoxy) is 1.